The number of allylic oxidation sites excluding steroid dienone is 3. The van der Waals surface area contributed by atoms with Crippen LogP contribution in [0.5, 0.6) is 0 Å². The van der Waals surface area contributed by atoms with Crippen LogP contribution in [0.15, 0.2) is 37.5 Å². The summed E-state index contributed by atoms with van der Waals surface area (Å²) in [5, 5.41) is 0. The zero-order valence-corrected chi connectivity index (χ0v) is 10.5. The Bertz CT molecular complexity index is 88.2. The van der Waals surface area contributed by atoms with Gasteiger partial charge in [0.25, 0.3) is 0 Å². The molecule has 0 nitrogen and oxygen atoms in total. The highest BCUT2D eigenvalue weighted by Crippen LogP contribution is 1.81. The third-order valence-electron chi connectivity index (χ3n) is 0.637. The molecule has 0 heteroatoms. The zero-order chi connectivity index (χ0) is 11.7. The van der Waals surface area contributed by atoms with Crippen LogP contribution in [-0.4, -0.2) is 0 Å². The summed E-state index contributed by atoms with van der Waals surface area (Å²) in [6.45, 7) is 22.5. The SMILES string of the molecule is C=CC(=C)C.C=CCC.CC.CC. The van der Waals surface area contributed by atoms with Crippen molar-refractivity contribution in [2.24, 2.45) is 0 Å². The molecule has 0 aromatic heterocycles. The van der Waals surface area contributed by atoms with Crippen LogP contribution < -0.4 is 0 Å². The van der Waals surface area contributed by atoms with Gasteiger partial charge in [-0.3, -0.25) is 0 Å². The van der Waals surface area contributed by atoms with E-state index in [1.165, 1.54) is 0 Å². The van der Waals surface area contributed by atoms with Gasteiger partial charge in [0.2, 0.25) is 0 Å². The Balaban J connectivity index is -0.0000000457. The average molecular weight is 184 g/mol. The van der Waals surface area contributed by atoms with Crippen LogP contribution in [-0.2, 0) is 0 Å². The monoisotopic (exact) mass is 184 g/mol. The molecule has 0 aliphatic heterocycles. The molecule has 0 bridgehead atoms. The van der Waals surface area contributed by atoms with Crippen LogP contribution in [0.2, 0.25) is 0 Å². The van der Waals surface area contributed by atoms with Crippen LogP contribution in [0.25, 0.3) is 0 Å². The second kappa shape index (κ2) is 43.0. The molecular weight excluding hydrogens is 156 g/mol. The molecule has 13 heavy (non-hydrogen) atoms. The van der Waals surface area contributed by atoms with E-state index in [4.69, 9.17) is 0 Å². The van der Waals surface area contributed by atoms with Gasteiger partial charge >= 0.3 is 0 Å². The largest absolute Gasteiger partial charge is 0.103 e. The summed E-state index contributed by atoms with van der Waals surface area (Å²) in [6.07, 6.45) is 4.68. The predicted octanol–water partition coefficient (Wildman–Crippen LogP) is 5.38. The molecule has 0 aliphatic rings. The average Bonchev–Trinajstić information content (AvgIpc) is 2.24. The Kier molecular flexibility index (Phi) is 75.3. The summed E-state index contributed by atoms with van der Waals surface area (Å²) in [6, 6.07) is 0. The van der Waals surface area contributed by atoms with Gasteiger partial charge in [0, 0.05) is 0 Å². The van der Waals surface area contributed by atoms with Gasteiger partial charge in [0.05, 0.1) is 0 Å². The van der Waals surface area contributed by atoms with Crippen LogP contribution >= 0.6 is 0 Å². The van der Waals surface area contributed by atoms with Crippen molar-refractivity contribution in [1.82, 2.24) is 0 Å². The van der Waals surface area contributed by atoms with Crippen molar-refractivity contribution in [3.05, 3.63) is 37.5 Å². The summed E-state index contributed by atoms with van der Waals surface area (Å²) < 4.78 is 0. The van der Waals surface area contributed by atoms with Crippen molar-refractivity contribution in [1.29, 1.82) is 0 Å². The van der Waals surface area contributed by atoms with Crippen molar-refractivity contribution in [2.45, 2.75) is 48.0 Å². The molecule has 0 saturated carbocycles. The minimum atomic E-state index is 1.02. The van der Waals surface area contributed by atoms with E-state index in [1.54, 1.807) is 6.08 Å². The molecule has 0 unspecified atom stereocenters. The molecule has 80 valence electrons. The first kappa shape index (κ1) is 22.8. The molecule has 0 aromatic carbocycles. The number of hydrogen-bond acceptors (Lipinski definition) is 0. The van der Waals surface area contributed by atoms with Gasteiger partial charge in [0.15, 0.2) is 0 Å². The second-order valence-corrected chi connectivity index (χ2v) is 1.75. The van der Waals surface area contributed by atoms with Gasteiger partial charge in [-0.05, 0) is 13.3 Å². The normalized spacial score (nSPS) is 5.38. The van der Waals surface area contributed by atoms with Crippen LogP contribution in [0.3, 0.4) is 0 Å². The van der Waals surface area contributed by atoms with Crippen molar-refractivity contribution >= 4 is 0 Å². The van der Waals surface area contributed by atoms with Crippen LogP contribution in [0.4, 0.5) is 0 Å². The van der Waals surface area contributed by atoms with Crippen LogP contribution in [0, 0.1) is 0 Å². The molecule has 0 spiro atoms. The van der Waals surface area contributed by atoms with Gasteiger partial charge in [-0.2, -0.15) is 0 Å². The highest BCUT2D eigenvalue weighted by Gasteiger charge is 1.59. The highest BCUT2D eigenvalue weighted by atomic mass is 13.7. The summed E-state index contributed by atoms with van der Waals surface area (Å²) in [5.74, 6) is 0. The van der Waals surface area contributed by atoms with E-state index in [1.807, 2.05) is 40.7 Å². The topological polar surface area (TPSA) is 0 Å². The van der Waals surface area contributed by atoms with E-state index in [9.17, 15) is 0 Å². The Morgan fingerprint density at radius 3 is 1.23 bits per heavy atom. The van der Waals surface area contributed by atoms with Crippen LogP contribution in [0.1, 0.15) is 48.0 Å². The quantitative estimate of drug-likeness (QED) is 0.399. The maximum Gasteiger partial charge on any atom is -0.0382 e. The van der Waals surface area contributed by atoms with Gasteiger partial charge in [0.1, 0.15) is 0 Å². The van der Waals surface area contributed by atoms with E-state index in [0.29, 0.717) is 0 Å². The minimum absolute atomic E-state index is 1.02. The van der Waals surface area contributed by atoms with Gasteiger partial charge in [-0.1, -0.05) is 65.5 Å². The Morgan fingerprint density at radius 1 is 1.08 bits per heavy atom. The van der Waals surface area contributed by atoms with Crippen molar-refractivity contribution in [3.8, 4) is 0 Å². The fourth-order valence-electron chi connectivity index (χ4n) is 0. The molecule has 0 radical (unpaired) electrons. The smallest absolute Gasteiger partial charge is 0.0382 e. The van der Waals surface area contributed by atoms with Gasteiger partial charge in [-0.15, -0.1) is 6.58 Å². The maximum absolute atomic E-state index is 3.56. The lowest BCUT2D eigenvalue weighted by atomic mass is 10.4. The van der Waals surface area contributed by atoms with Crippen molar-refractivity contribution < 1.29 is 0 Å². The zero-order valence-electron chi connectivity index (χ0n) is 10.5. The summed E-state index contributed by atoms with van der Waals surface area (Å²) in [7, 11) is 0. The van der Waals surface area contributed by atoms with E-state index in [-0.39, 0.29) is 0 Å². The first-order valence-corrected chi connectivity index (χ1v) is 5.07. The molecule has 0 amide bonds. The lowest BCUT2D eigenvalue weighted by Crippen LogP contribution is -1.50. The first-order valence-electron chi connectivity index (χ1n) is 5.07. The number of rotatable bonds is 2. The lowest BCUT2D eigenvalue weighted by Gasteiger charge is -1.71. The fraction of sp³-hybridized carbons (Fsp3) is 0.538. The predicted molar refractivity (Wildman–Crippen MR) is 68.2 cm³/mol. The van der Waals surface area contributed by atoms with E-state index < -0.39 is 0 Å². The number of hydrogen-bond donors (Lipinski definition) is 0. The van der Waals surface area contributed by atoms with Gasteiger partial charge in [-0.25, -0.2) is 0 Å². The Labute approximate surface area is 86.1 Å². The third-order valence-corrected chi connectivity index (χ3v) is 0.637. The standard InChI is InChI=1S/C5H8.C4H8.2C2H6/c1-4-5(2)3;1-3-4-2;2*1-2/h4H,1-2H2,3H3;3H,1,4H2,2H3;2*1-2H3. The second-order valence-electron chi connectivity index (χ2n) is 1.75. The van der Waals surface area contributed by atoms with Crippen molar-refractivity contribution in [2.75, 3.05) is 0 Å². The van der Waals surface area contributed by atoms with Crippen molar-refractivity contribution in [3.63, 3.8) is 0 Å². The molecular formula is C13H28. The van der Waals surface area contributed by atoms with E-state index in [2.05, 4.69) is 26.7 Å². The fourth-order valence-corrected chi connectivity index (χ4v) is 0. The minimum Gasteiger partial charge on any atom is -0.103 e. The molecule has 0 fully saturated rings. The highest BCUT2D eigenvalue weighted by molar-refractivity contribution is 5.05. The first-order chi connectivity index (χ1) is 6.18. The molecule has 0 aliphatic carbocycles. The molecule has 0 aromatic rings. The molecule has 0 saturated heterocycles. The Hall–Kier alpha value is -0.780. The summed E-state index contributed by atoms with van der Waals surface area (Å²) in [4.78, 5) is 0. The van der Waals surface area contributed by atoms with E-state index >= 15 is 0 Å². The molecule has 0 N–H and O–H groups in total. The lowest BCUT2D eigenvalue weighted by molar-refractivity contribution is 1.23. The Morgan fingerprint density at radius 2 is 1.23 bits per heavy atom. The summed E-state index contributed by atoms with van der Waals surface area (Å²) >= 11 is 0. The van der Waals surface area contributed by atoms with Gasteiger partial charge < -0.3 is 0 Å². The van der Waals surface area contributed by atoms with E-state index in [0.717, 1.165) is 12.0 Å². The summed E-state index contributed by atoms with van der Waals surface area (Å²) in [5.41, 5.74) is 1.02. The molecule has 0 atom stereocenters. The third kappa shape index (κ3) is 194. The maximum atomic E-state index is 3.56. The molecule has 0 heterocycles. The molecule has 0 rings (SSSR count).